The Balaban J connectivity index is 2.53. The van der Waals surface area contributed by atoms with Crippen molar-refractivity contribution >= 4 is 17.6 Å². The van der Waals surface area contributed by atoms with Gasteiger partial charge in [0.05, 0.1) is 17.3 Å². The molecular weight excluding hydrogens is 266 g/mol. The summed E-state index contributed by atoms with van der Waals surface area (Å²) < 4.78 is 6.45. The Morgan fingerprint density at radius 3 is 2.89 bits per heavy atom. The van der Waals surface area contributed by atoms with Crippen LogP contribution in [-0.4, -0.2) is 27.3 Å². The number of carbonyl (C=O) groups is 1. The van der Waals surface area contributed by atoms with E-state index in [1.54, 1.807) is 31.3 Å². The Morgan fingerprint density at radius 2 is 2.26 bits per heavy atom. The first-order chi connectivity index (χ1) is 9.17. The number of pyridine rings is 1. The minimum absolute atomic E-state index is 0.307. The van der Waals surface area contributed by atoms with Crippen LogP contribution >= 0.6 is 11.6 Å². The largest absolute Gasteiger partial charge is 0.461 e. The maximum atomic E-state index is 11.9. The average molecular weight is 280 g/mol. The Kier molecular flexibility index (Phi) is 4.16. The molecule has 0 fully saturated rings. The number of carbonyl (C=O) groups excluding carboxylic acids is 1. The number of rotatable bonds is 4. The van der Waals surface area contributed by atoms with Crippen LogP contribution < -0.4 is 0 Å². The molecule has 6 heteroatoms. The molecule has 0 radical (unpaired) electrons. The number of esters is 1. The van der Waals surface area contributed by atoms with Crippen molar-refractivity contribution in [1.29, 1.82) is 0 Å². The Bertz CT molecular complexity index is 595. The van der Waals surface area contributed by atoms with Crippen LogP contribution in [0.4, 0.5) is 0 Å². The summed E-state index contributed by atoms with van der Waals surface area (Å²) >= 11 is 6.09. The molecule has 2 aromatic rings. The Labute approximate surface area is 116 Å². The minimum atomic E-state index is -0.434. The van der Waals surface area contributed by atoms with E-state index in [1.807, 2.05) is 6.92 Å². The average Bonchev–Trinajstić information content (AvgIpc) is 2.83. The third-order valence-corrected chi connectivity index (χ3v) is 2.84. The van der Waals surface area contributed by atoms with Crippen molar-refractivity contribution in [2.75, 3.05) is 6.61 Å². The van der Waals surface area contributed by atoms with Gasteiger partial charge in [-0.1, -0.05) is 18.5 Å². The van der Waals surface area contributed by atoms with E-state index in [0.717, 1.165) is 5.69 Å². The zero-order valence-corrected chi connectivity index (χ0v) is 11.5. The first kappa shape index (κ1) is 13.5. The van der Waals surface area contributed by atoms with Gasteiger partial charge < -0.3 is 4.74 Å². The fourth-order valence-corrected chi connectivity index (χ4v) is 1.85. The SMILES string of the molecule is CCOC(=O)c1cc(CC)nn1-c1ncccc1Cl. The van der Waals surface area contributed by atoms with E-state index in [-0.39, 0.29) is 0 Å². The van der Waals surface area contributed by atoms with E-state index in [4.69, 9.17) is 16.3 Å². The molecule has 100 valence electrons. The minimum Gasteiger partial charge on any atom is -0.461 e. The number of nitrogens with zero attached hydrogens (tertiary/aromatic N) is 3. The molecular formula is C13H14ClN3O2. The highest BCUT2D eigenvalue weighted by molar-refractivity contribution is 6.32. The third kappa shape index (κ3) is 2.76. The van der Waals surface area contributed by atoms with Gasteiger partial charge in [-0.3, -0.25) is 0 Å². The number of hydrogen-bond donors (Lipinski definition) is 0. The molecule has 0 amide bonds. The van der Waals surface area contributed by atoms with Crippen LogP contribution in [0.15, 0.2) is 24.4 Å². The molecule has 0 saturated heterocycles. The van der Waals surface area contributed by atoms with Crippen molar-refractivity contribution in [3.8, 4) is 5.82 Å². The molecule has 0 aliphatic rings. The number of halogens is 1. The summed E-state index contributed by atoms with van der Waals surface area (Å²) in [5.74, 6) is -0.0108. The lowest BCUT2D eigenvalue weighted by atomic mass is 10.3. The topological polar surface area (TPSA) is 57.0 Å². The fraction of sp³-hybridized carbons (Fsp3) is 0.308. The zero-order valence-electron chi connectivity index (χ0n) is 10.8. The summed E-state index contributed by atoms with van der Waals surface area (Å²) in [6, 6.07) is 5.12. The Morgan fingerprint density at radius 1 is 1.47 bits per heavy atom. The van der Waals surface area contributed by atoms with Gasteiger partial charge in [-0.2, -0.15) is 5.10 Å². The van der Waals surface area contributed by atoms with Crippen molar-refractivity contribution < 1.29 is 9.53 Å². The third-order valence-electron chi connectivity index (χ3n) is 2.55. The number of aromatic nitrogens is 3. The second-order valence-corrected chi connectivity index (χ2v) is 4.22. The predicted octanol–water partition coefficient (Wildman–Crippen LogP) is 2.66. The van der Waals surface area contributed by atoms with Crippen LogP contribution in [-0.2, 0) is 11.2 Å². The lowest BCUT2D eigenvalue weighted by Crippen LogP contribution is -2.13. The molecule has 0 unspecified atom stereocenters. The van der Waals surface area contributed by atoms with Crippen molar-refractivity contribution in [2.45, 2.75) is 20.3 Å². The molecule has 0 aromatic carbocycles. The van der Waals surface area contributed by atoms with Gasteiger partial charge in [0.1, 0.15) is 0 Å². The Hall–Kier alpha value is -1.88. The van der Waals surface area contributed by atoms with Crippen LogP contribution in [0.3, 0.4) is 0 Å². The van der Waals surface area contributed by atoms with Crippen LogP contribution in [0.5, 0.6) is 0 Å². The van der Waals surface area contributed by atoms with E-state index < -0.39 is 5.97 Å². The van der Waals surface area contributed by atoms with Crippen molar-refractivity contribution in [2.24, 2.45) is 0 Å². The molecule has 0 aliphatic heterocycles. The van der Waals surface area contributed by atoms with E-state index in [0.29, 0.717) is 29.6 Å². The smallest absolute Gasteiger partial charge is 0.357 e. The molecule has 0 N–H and O–H groups in total. The standard InChI is InChI=1S/C13H14ClN3O2/c1-3-9-8-11(13(18)19-4-2)17(16-9)12-10(14)6-5-7-15-12/h5-8H,3-4H2,1-2H3. The van der Waals surface area contributed by atoms with Crippen molar-refractivity contribution in [3.63, 3.8) is 0 Å². The molecule has 0 spiro atoms. The van der Waals surface area contributed by atoms with Gasteiger partial charge in [-0.25, -0.2) is 14.5 Å². The molecule has 19 heavy (non-hydrogen) atoms. The van der Waals surface area contributed by atoms with Crippen LogP contribution in [0, 0.1) is 0 Å². The van der Waals surface area contributed by atoms with Gasteiger partial charge in [-0.05, 0) is 31.5 Å². The quantitative estimate of drug-likeness (QED) is 0.808. The summed E-state index contributed by atoms with van der Waals surface area (Å²) in [5, 5.41) is 4.76. The van der Waals surface area contributed by atoms with Gasteiger partial charge in [0.2, 0.25) is 0 Å². The fourth-order valence-electron chi connectivity index (χ4n) is 1.65. The van der Waals surface area contributed by atoms with E-state index in [2.05, 4.69) is 10.1 Å². The van der Waals surface area contributed by atoms with E-state index in [9.17, 15) is 4.79 Å². The van der Waals surface area contributed by atoms with Crippen LogP contribution in [0.25, 0.3) is 5.82 Å². The second-order valence-electron chi connectivity index (χ2n) is 3.82. The molecule has 0 bridgehead atoms. The van der Waals surface area contributed by atoms with Crippen molar-refractivity contribution in [3.05, 3.63) is 40.8 Å². The highest BCUT2D eigenvalue weighted by Gasteiger charge is 2.19. The van der Waals surface area contributed by atoms with Crippen molar-refractivity contribution in [1.82, 2.24) is 14.8 Å². The van der Waals surface area contributed by atoms with Gasteiger partial charge in [0.25, 0.3) is 0 Å². The van der Waals surface area contributed by atoms with Gasteiger partial charge in [-0.15, -0.1) is 0 Å². The molecule has 0 aliphatic carbocycles. The normalized spacial score (nSPS) is 10.5. The van der Waals surface area contributed by atoms with Gasteiger partial charge >= 0.3 is 5.97 Å². The van der Waals surface area contributed by atoms with E-state index >= 15 is 0 Å². The summed E-state index contributed by atoms with van der Waals surface area (Å²) in [7, 11) is 0. The first-order valence-electron chi connectivity index (χ1n) is 6.04. The molecule has 0 saturated carbocycles. The highest BCUT2D eigenvalue weighted by atomic mass is 35.5. The van der Waals surface area contributed by atoms with Crippen LogP contribution in [0.2, 0.25) is 5.02 Å². The predicted molar refractivity (Wildman–Crippen MR) is 71.7 cm³/mol. The number of aryl methyl sites for hydroxylation is 1. The number of hydrogen-bond acceptors (Lipinski definition) is 4. The summed E-state index contributed by atoms with van der Waals surface area (Å²) in [5.41, 5.74) is 1.11. The second kappa shape index (κ2) is 5.84. The van der Waals surface area contributed by atoms with Crippen LogP contribution in [0.1, 0.15) is 30.0 Å². The van der Waals surface area contributed by atoms with E-state index in [1.165, 1.54) is 4.68 Å². The van der Waals surface area contributed by atoms with Gasteiger partial charge in [0, 0.05) is 6.20 Å². The maximum Gasteiger partial charge on any atom is 0.357 e. The lowest BCUT2D eigenvalue weighted by Gasteiger charge is -2.07. The summed E-state index contributed by atoms with van der Waals surface area (Å²) in [6.45, 7) is 4.02. The lowest BCUT2D eigenvalue weighted by molar-refractivity contribution is 0.0515. The molecule has 5 nitrogen and oxygen atoms in total. The molecule has 2 aromatic heterocycles. The molecule has 0 atom stereocenters. The summed E-state index contributed by atoms with van der Waals surface area (Å²) in [6.07, 6.45) is 2.31. The monoisotopic (exact) mass is 279 g/mol. The summed E-state index contributed by atoms with van der Waals surface area (Å²) in [4.78, 5) is 16.1. The first-order valence-corrected chi connectivity index (χ1v) is 6.42. The zero-order chi connectivity index (χ0) is 13.8. The highest BCUT2D eigenvalue weighted by Crippen LogP contribution is 2.20. The molecule has 2 heterocycles. The maximum absolute atomic E-state index is 11.9. The molecule has 2 rings (SSSR count). The number of ether oxygens (including phenoxy) is 1. The van der Waals surface area contributed by atoms with Gasteiger partial charge in [0.15, 0.2) is 11.5 Å².